The molecular weight excluding hydrogens is 657 g/mol. The van der Waals surface area contributed by atoms with Crippen LogP contribution in [0.4, 0.5) is 5.69 Å². The van der Waals surface area contributed by atoms with Gasteiger partial charge in [-0.2, -0.15) is 0 Å². The van der Waals surface area contributed by atoms with E-state index in [1.807, 2.05) is 12.1 Å². The van der Waals surface area contributed by atoms with Gasteiger partial charge in [-0.3, -0.25) is 9.59 Å². The lowest BCUT2D eigenvalue weighted by Crippen LogP contribution is -2.29. The van der Waals surface area contributed by atoms with Gasteiger partial charge in [0.2, 0.25) is 11.8 Å². The number of imide groups is 1. The summed E-state index contributed by atoms with van der Waals surface area (Å²) in [5, 5.41) is 10.4. The van der Waals surface area contributed by atoms with E-state index in [1.165, 1.54) is 25.3 Å². The van der Waals surface area contributed by atoms with Crippen LogP contribution in [0, 0.1) is 0 Å². The van der Waals surface area contributed by atoms with E-state index >= 15 is 0 Å². The van der Waals surface area contributed by atoms with Crippen LogP contribution >= 0.6 is 23.2 Å². The fourth-order valence-electron chi connectivity index (χ4n) is 5.90. The largest absolute Gasteiger partial charge is 0.496 e. The number of carbonyl (C=O) groups is 3. The number of carbonyl (C=O) groups excluding carboxylic acids is 2. The number of benzene rings is 5. The van der Waals surface area contributed by atoms with E-state index in [0.717, 1.165) is 10.5 Å². The number of oxazole rings is 2. The van der Waals surface area contributed by atoms with Gasteiger partial charge in [0.15, 0.2) is 11.2 Å². The van der Waals surface area contributed by atoms with E-state index in [4.69, 9.17) is 46.7 Å². The highest BCUT2D eigenvalue weighted by atomic mass is 35.5. The number of anilines is 1. The lowest BCUT2D eigenvalue weighted by Gasteiger charge is -2.16. The molecule has 48 heavy (non-hydrogen) atoms. The zero-order chi connectivity index (χ0) is 33.3. The molecule has 1 N–H and O–H groups in total. The first-order chi connectivity index (χ1) is 23.2. The number of halogens is 2. The third-order valence-electron chi connectivity index (χ3n) is 8.09. The average molecular weight is 676 g/mol. The highest BCUT2D eigenvalue weighted by molar-refractivity contribution is 6.36. The van der Waals surface area contributed by atoms with Crippen LogP contribution in [0.25, 0.3) is 56.2 Å². The number of methoxy groups -OCH3 is 1. The molecule has 2 aromatic heterocycles. The fourth-order valence-corrected chi connectivity index (χ4v) is 6.36. The Morgan fingerprint density at radius 3 is 2.23 bits per heavy atom. The molecule has 0 unspecified atom stereocenters. The maximum absolute atomic E-state index is 13.5. The monoisotopic (exact) mass is 675 g/mol. The van der Waals surface area contributed by atoms with Crippen molar-refractivity contribution >= 4 is 68.9 Å². The molecule has 0 saturated carbocycles. The van der Waals surface area contributed by atoms with Crippen molar-refractivity contribution in [2.45, 2.75) is 0 Å². The van der Waals surface area contributed by atoms with Gasteiger partial charge in [0, 0.05) is 10.6 Å². The van der Waals surface area contributed by atoms with Gasteiger partial charge in [-0.15, -0.1) is 0 Å². The van der Waals surface area contributed by atoms with Crippen molar-refractivity contribution in [3.05, 3.63) is 118 Å². The normalized spacial score (nSPS) is 12.7. The first-order valence-electron chi connectivity index (χ1n) is 14.4. The molecule has 234 valence electrons. The first kappa shape index (κ1) is 29.4. The molecule has 0 spiro atoms. The molecule has 3 heterocycles. The number of carboxylic acids is 1. The summed E-state index contributed by atoms with van der Waals surface area (Å²) in [7, 11) is 1.51. The standard InChI is InChI=1S/C36H19Cl2N3O7/c1-46-25-13-14-27-31(29(25)33-40-30-26(48-33)12-11-23(38)28(30)17-5-4-6-19(37)15-17)39-32(47-27)21-7-2-3-8-24(21)41-34(42)20-10-9-18(36(44)45)16-22(20)35(41)43/h2-16H,1H3,(H,44,45). The van der Waals surface area contributed by atoms with E-state index < -0.39 is 17.8 Å². The summed E-state index contributed by atoms with van der Waals surface area (Å²) in [6, 6.07) is 24.6. The zero-order valence-electron chi connectivity index (χ0n) is 24.7. The summed E-state index contributed by atoms with van der Waals surface area (Å²) in [5.41, 5.74) is 4.04. The Hall–Kier alpha value is -5.97. The zero-order valence-corrected chi connectivity index (χ0v) is 26.2. The van der Waals surface area contributed by atoms with E-state index in [0.29, 0.717) is 54.7 Å². The lowest BCUT2D eigenvalue weighted by atomic mass is 10.0. The number of aromatic nitrogens is 2. The maximum atomic E-state index is 13.5. The number of rotatable bonds is 6. The highest BCUT2D eigenvalue weighted by Gasteiger charge is 2.39. The summed E-state index contributed by atoms with van der Waals surface area (Å²) in [5.74, 6) is -1.76. The van der Waals surface area contributed by atoms with Crippen molar-refractivity contribution in [1.82, 2.24) is 9.97 Å². The van der Waals surface area contributed by atoms with E-state index in [-0.39, 0.29) is 34.2 Å². The minimum absolute atomic E-state index is 0.00695. The van der Waals surface area contributed by atoms with Gasteiger partial charge in [-0.05, 0) is 72.3 Å². The van der Waals surface area contributed by atoms with Crippen molar-refractivity contribution in [2.24, 2.45) is 0 Å². The molecular formula is C36H19Cl2N3O7. The quantitative estimate of drug-likeness (QED) is 0.171. The van der Waals surface area contributed by atoms with Crippen molar-refractivity contribution < 1.29 is 33.1 Å². The van der Waals surface area contributed by atoms with Gasteiger partial charge < -0.3 is 18.7 Å². The number of hydrogen-bond donors (Lipinski definition) is 1. The Kier molecular flexibility index (Phi) is 6.79. The molecule has 8 rings (SSSR count). The SMILES string of the molecule is COc1ccc2oc(-c3ccccc3N3C(=O)c4ccc(C(=O)O)cc4C3=O)nc2c1-c1nc2c(-c3cccc(Cl)c3)c(Cl)ccc2o1. The molecule has 0 aliphatic carbocycles. The molecule has 1 aliphatic rings. The minimum atomic E-state index is -1.21. The van der Waals surface area contributed by atoms with Gasteiger partial charge in [0.25, 0.3) is 11.8 Å². The average Bonchev–Trinajstić information content (AvgIpc) is 3.78. The Morgan fingerprint density at radius 1 is 0.750 bits per heavy atom. The third-order valence-corrected chi connectivity index (χ3v) is 8.64. The van der Waals surface area contributed by atoms with Gasteiger partial charge in [0.1, 0.15) is 22.3 Å². The van der Waals surface area contributed by atoms with Gasteiger partial charge >= 0.3 is 5.97 Å². The summed E-state index contributed by atoms with van der Waals surface area (Å²) < 4.78 is 18.2. The number of ether oxygens (including phenoxy) is 1. The van der Waals surface area contributed by atoms with E-state index in [2.05, 4.69) is 0 Å². The second-order valence-corrected chi connectivity index (χ2v) is 11.7. The summed E-state index contributed by atoms with van der Waals surface area (Å²) in [6.07, 6.45) is 0. The number of aromatic carboxylic acids is 1. The number of nitrogens with zero attached hydrogens (tertiary/aromatic N) is 3. The molecule has 0 bridgehead atoms. The topological polar surface area (TPSA) is 136 Å². The number of para-hydroxylation sites is 1. The lowest BCUT2D eigenvalue weighted by molar-refractivity contribution is 0.0696. The molecule has 1 aliphatic heterocycles. The molecule has 0 saturated heterocycles. The van der Waals surface area contributed by atoms with Crippen LogP contribution in [0.1, 0.15) is 31.1 Å². The molecule has 0 fully saturated rings. The predicted molar refractivity (Wildman–Crippen MR) is 179 cm³/mol. The van der Waals surface area contributed by atoms with Gasteiger partial charge in [-0.25, -0.2) is 19.7 Å². The summed E-state index contributed by atoms with van der Waals surface area (Å²) in [6.45, 7) is 0. The van der Waals surface area contributed by atoms with Crippen LogP contribution < -0.4 is 9.64 Å². The summed E-state index contributed by atoms with van der Waals surface area (Å²) in [4.78, 5) is 49.2. The number of amides is 2. The van der Waals surface area contributed by atoms with E-state index in [1.54, 1.807) is 60.7 Å². The molecule has 5 aromatic carbocycles. The highest BCUT2D eigenvalue weighted by Crippen LogP contribution is 2.44. The van der Waals surface area contributed by atoms with Crippen molar-refractivity contribution in [3.63, 3.8) is 0 Å². The van der Waals surface area contributed by atoms with Crippen LogP contribution in [-0.4, -0.2) is 40.0 Å². The molecule has 2 amide bonds. The fraction of sp³-hybridized carbons (Fsp3) is 0.0278. The Bertz CT molecular complexity index is 2520. The summed E-state index contributed by atoms with van der Waals surface area (Å²) >= 11 is 12.9. The maximum Gasteiger partial charge on any atom is 0.335 e. The Balaban J connectivity index is 1.27. The number of hydrogen-bond acceptors (Lipinski definition) is 8. The second-order valence-electron chi connectivity index (χ2n) is 10.8. The smallest absolute Gasteiger partial charge is 0.335 e. The third kappa shape index (κ3) is 4.53. The van der Waals surface area contributed by atoms with Crippen molar-refractivity contribution in [3.8, 4) is 39.8 Å². The molecule has 0 radical (unpaired) electrons. The van der Waals surface area contributed by atoms with Crippen LogP contribution in [0.2, 0.25) is 10.0 Å². The molecule has 7 aromatic rings. The van der Waals surface area contributed by atoms with E-state index in [9.17, 15) is 19.5 Å². The Morgan fingerprint density at radius 2 is 1.46 bits per heavy atom. The minimum Gasteiger partial charge on any atom is -0.496 e. The van der Waals surface area contributed by atoms with Gasteiger partial charge in [-0.1, -0.05) is 47.5 Å². The van der Waals surface area contributed by atoms with Crippen LogP contribution in [-0.2, 0) is 0 Å². The number of carboxylic acid groups (broad SMARTS) is 1. The van der Waals surface area contributed by atoms with Crippen molar-refractivity contribution in [2.75, 3.05) is 12.0 Å². The van der Waals surface area contributed by atoms with Crippen molar-refractivity contribution in [1.29, 1.82) is 0 Å². The van der Waals surface area contributed by atoms with Crippen LogP contribution in [0.5, 0.6) is 5.75 Å². The van der Waals surface area contributed by atoms with Crippen LogP contribution in [0.3, 0.4) is 0 Å². The predicted octanol–water partition coefficient (Wildman–Crippen LogP) is 8.78. The van der Waals surface area contributed by atoms with Crippen LogP contribution in [0.15, 0.2) is 99.8 Å². The number of fused-ring (bicyclic) bond motifs is 3. The second kappa shape index (κ2) is 11.1. The Labute approximate surface area is 280 Å². The van der Waals surface area contributed by atoms with Gasteiger partial charge in [0.05, 0.1) is 40.1 Å². The molecule has 10 nitrogen and oxygen atoms in total. The molecule has 12 heteroatoms. The molecule has 0 atom stereocenters. The first-order valence-corrected chi connectivity index (χ1v) is 15.2.